The third-order valence-electron chi connectivity index (χ3n) is 3.90. The van der Waals surface area contributed by atoms with Gasteiger partial charge in [-0.15, -0.1) is 0 Å². The highest BCUT2D eigenvalue weighted by molar-refractivity contribution is 7.91. The highest BCUT2D eigenvalue weighted by atomic mass is 32.2. The van der Waals surface area contributed by atoms with Crippen molar-refractivity contribution in [2.24, 2.45) is 0 Å². The number of nitrogens with one attached hydrogen (secondary N) is 1. The van der Waals surface area contributed by atoms with Crippen LogP contribution in [0.5, 0.6) is 11.5 Å². The molecule has 0 saturated carbocycles. The average molecular weight is 393 g/mol. The number of carbonyl (C=O) groups excluding carboxylic acids is 1. The van der Waals surface area contributed by atoms with Crippen molar-refractivity contribution in [3.8, 4) is 11.5 Å². The van der Waals surface area contributed by atoms with Gasteiger partial charge in [0.1, 0.15) is 0 Å². The minimum absolute atomic E-state index is 0.0766. The van der Waals surface area contributed by atoms with Gasteiger partial charge in [-0.1, -0.05) is 18.2 Å². The predicted octanol–water partition coefficient (Wildman–Crippen LogP) is 2.65. The van der Waals surface area contributed by atoms with Crippen LogP contribution < -0.4 is 14.8 Å². The molecule has 2 aromatic carbocycles. The lowest BCUT2D eigenvalue weighted by atomic mass is 10.2. The van der Waals surface area contributed by atoms with Crippen LogP contribution in [-0.2, 0) is 26.0 Å². The van der Waals surface area contributed by atoms with Crippen molar-refractivity contribution in [1.29, 1.82) is 0 Å². The van der Waals surface area contributed by atoms with Gasteiger partial charge in [-0.25, -0.2) is 8.42 Å². The monoisotopic (exact) mass is 393 g/mol. The Balaban J connectivity index is 2.06. The Morgan fingerprint density at radius 3 is 2.37 bits per heavy atom. The topological polar surface area (TPSA) is 90.9 Å². The van der Waals surface area contributed by atoms with Crippen molar-refractivity contribution in [2.45, 2.75) is 17.9 Å². The van der Waals surface area contributed by atoms with Crippen LogP contribution in [0, 0.1) is 0 Å². The molecule has 0 saturated heterocycles. The maximum absolute atomic E-state index is 12.5. The first kappa shape index (κ1) is 20.7. The Bertz CT molecular complexity index is 895. The Labute approximate surface area is 159 Å². The molecular weight excluding hydrogens is 370 g/mol. The Hall–Kier alpha value is -2.58. The van der Waals surface area contributed by atoms with Crippen LogP contribution in [0.15, 0.2) is 47.4 Å². The number of benzene rings is 2. The summed E-state index contributed by atoms with van der Waals surface area (Å²) in [5, 5.41) is 2.73. The third kappa shape index (κ3) is 5.45. The summed E-state index contributed by atoms with van der Waals surface area (Å²) in [5.41, 5.74) is 1.42. The van der Waals surface area contributed by atoms with Crippen LogP contribution in [0.4, 0.5) is 5.69 Å². The number of sulfone groups is 1. The predicted molar refractivity (Wildman–Crippen MR) is 102 cm³/mol. The first-order chi connectivity index (χ1) is 12.9. The van der Waals surface area contributed by atoms with E-state index in [4.69, 9.17) is 14.2 Å². The molecule has 2 aromatic rings. The van der Waals surface area contributed by atoms with Crippen molar-refractivity contribution >= 4 is 21.4 Å². The number of carbonyl (C=O) groups is 1. The number of methoxy groups -OCH3 is 3. The van der Waals surface area contributed by atoms with Gasteiger partial charge in [0.25, 0.3) is 0 Å². The van der Waals surface area contributed by atoms with Crippen LogP contribution in [0.1, 0.15) is 12.0 Å². The number of amides is 1. The van der Waals surface area contributed by atoms with E-state index in [2.05, 4.69) is 5.32 Å². The molecule has 2 rings (SSSR count). The number of para-hydroxylation sites is 1. The molecule has 0 heterocycles. The minimum atomic E-state index is -3.65. The summed E-state index contributed by atoms with van der Waals surface area (Å²) in [5.74, 6) is 0.0453. The summed E-state index contributed by atoms with van der Waals surface area (Å²) in [4.78, 5) is 12.3. The van der Waals surface area contributed by atoms with E-state index in [0.717, 1.165) is 5.56 Å². The molecule has 1 N–H and O–H groups in total. The lowest BCUT2D eigenvalue weighted by Crippen LogP contribution is -2.18. The lowest BCUT2D eigenvalue weighted by Gasteiger charge is -2.12. The maximum atomic E-state index is 12.5. The largest absolute Gasteiger partial charge is 0.493 e. The van der Waals surface area contributed by atoms with E-state index in [1.165, 1.54) is 32.4 Å². The third-order valence-corrected chi connectivity index (χ3v) is 5.62. The van der Waals surface area contributed by atoms with Gasteiger partial charge in [0.2, 0.25) is 5.91 Å². The second kappa shape index (κ2) is 9.38. The normalized spacial score (nSPS) is 11.1. The van der Waals surface area contributed by atoms with Crippen LogP contribution in [0.3, 0.4) is 0 Å². The molecule has 0 radical (unpaired) electrons. The molecule has 0 spiro atoms. The average Bonchev–Trinajstić information content (AvgIpc) is 2.67. The minimum Gasteiger partial charge on any atom is -0.493 e. The molecule has 0 fully saturated rings. The number of hydrogen-bond acceptors (Lipinski definition) is 6. The van der Waals surface area contributed by atoms with Crippen LogP contribution >= 0.6 is 0 Å². The van der Waals surface area contributed by atoms with Gasteiger partial charge in [0.15, 0.2) is 21.3 Å². The summed E-state index contributed by atoms with van der Waals surface area (Å²) in [6, 6.07) is 11.5. The summed E-state index contributed by atoms with van der Waals surface area (Å²) in [6.07, 6.45) is -0.169. The molecule has 0 atom stereocenters. The number of ether oxygens (including phenoxy) is 3. The zero-order valence-corrected chi connectivity index (χ0v) is 16.3. The zero-order chi connectivity index (χ0) is 19.9. The molecule has 1 amide bonds. The highest BCUT2D eigenvalue weighted by Gasteiger charge is 2.19. The second-order valence-corrected chi connectivity index (χ2v) is 7.83. The standard InChI is InChI=1S/C19H23NO6S/c1-24-13-14-6-4-5-7-16(14)20-19(21)10-11-27(22,23)15-8-9-17(25-2)18(12-15)26-3/h4-9,12H,10-11,13H2,1-3H3,(H,20,21). The molecule has 0 aromatic heterocycles. The zero-order valence-electron chi connectivity index (χ0n) is 15.5. The van der Waals surface area contributed by atoms with Crippen molar-refractivity contribution < 1.29 is 27.4 Å². The van der Waals surface area contributed by atoms with E-state index >= 15 is 0 Å². The summed E-state index contributed by atoms with van der Waals surface area (Å²) < 4.78 is 40.4. The first-order valence-corrected chi connectivity index (χ1v) is 9.88. The van der Waals surface area contributed by atoms with Gasteiger partial charge in [0.05, 0.1) is 31.5 Å². The molecule has 0 unspecified atom stereocenters. The molecule has 0 aliphatic rings. The lowest BCUT2D eigenvalue weighted by molar-refractivity contribution is -0.115. The van der Waals surface area contributed by atoms with Crippen molar-refractivity contribution in [3.05, 3.63) is 48.0 Å². The molecule has 0 bridgehead atoms. The fourth-order valence-electron chi connectivity index (χ4n) is 2.49. The van der Waals surface area contributed by atoms with Gasteiger partial charge >= 0.3 is 0 Å². The highest BCUT2D eigenvalue weighted by Crippen LogP contribution is 2.30. The molecule has 0 aliphatic heterocycles. The molecule has 27 heavy (non-hydrogen) atoms. The fourth-order valence-corrected chi connectivity index (χ4v) is 3.74. The van der Waals surface area contributed by atoms with Crippen molar-refractivity contribution in [2.75, 3.05) is 32.4 Å². The SMILES string of the molecule is COCc1ccccc1NC(=O)CCS(=O)(=O)c1ccc(OC)c(OC)c1. The molecule has 7 nitrogen and oxygen atoms in total. The van der Waals surface area contributed by atoms with Gasteiger partial charge in [0, 0.05) is 30.8 Å². The molecule has 0 aliphatic carbocycles. The van der Waals surface area contributed by atoms with Gasteiger partial charge < -0.3 is 19.5 Å². The Morgan fingerprint density at radius 1 is 1.00 bits per heavy atom. The summed E-state index contributed by atoms with van der Waals surface area (Å²) in [7, 11) is 0.817. The van der Waals surface area contributed by atoms with E-state index in [0.29, 0.717) is 23.8 Å². The smallest absolute Gasteiger partial charge is 0.225 e. The van der Waals surface area contributed by atoms with E-state index in [1.807, 2.05) is 12.1 Å². The molecule has 146 valence electrons. The van der Waals surface area contributed by atoms with E-state index < -0.39 is 9.84 Å². The Morgan fingerprint density at radius 2 is 1.70 bits per heavy atom. The quantitative estimate of drug-likeness (QED) is 0.704. The van der Waals surface area contributed by atoms with Crippen LogP contribution in [-0.4, -0.2) is 41.4 Å². The van der Waals surface area contributed by atoms with E-state index in [-0.39, 0.29) is 23.0 Å². The number of hydrogen-bond donors (Lipinski definition) is 1. The number of anilines is 1. The van der Waals surface area contributed by atoms with Crippen LogP contribution in [0.2, 0.25) is 0 Å². The maximum Gasteiger partial charge on any atom is 0.225 e. The fraction of sp³-hybridized carbons (Fsp3) is 0.316. The first-order valence-electron chi connectivity index (χ1n) is 8.22. The van der Waals surface area contributed by atoms with Gasteiger partial charge in [-0.05, 0) is 18.2 Å². The number of rotatable bonds is 9. The van der Waals surface area contributed by atoms with Gasteiger partial charge in [-0.2, -0.15) is 0 Å². The molecular formula is C19H23NO6S. The summed E-state index contributed by atoms with van der Waals surface area (Å²) in [6.45, 7) is 0.348. The van der Waals surface area contributed by atoms with Gasteiger partial charge in [-0.3, -0.25) is 4.79 Å². The summed E-state index contributed by atoms with van der Waals surface area (Å²) >= 11 is 0. The van der Waals surface area contributed by atoms with Crippen molar-refractivity contribution in [3.63, 3.8) is 0 Å². The Kier molecular flexibility index (Phi) is 7.20. The van der Waals surface area contributed by atoms with E-state index in [1.54, 1.807) is 19.2 Å². The van der Waals surface area contributed by atoms with Crippen LogP contribution in [0.25, 0.3) is 0 Å². The second-order valence-electron chi connectivity index (χ2n) is 5.72. The molecule has 8 heteroatoms. The van der Waals surface area contributed by atoms with E-state index in [9.17, 15) is 13.2 Å². The van der Waals surface area contributed by atoms with Crippen molar-refractivity contribution in [1.82, 2.24) is 0 Å².